The summed E-state index contributed by atoms with van der Waals surface area (Å²) in [5.74, 6) is -0.398. The number of nitrogens with one attached hydrogen (secondary N) is 1. The molecule has 0 fully saturated rings. The number of carbonyl (C=O) groups excluding carboxylic acids is 1. The van der Waals surface area contributed by atoms with Crippen LogP contribution in [-0.2, 0) is 11.2 Å². The predicted molar refractivity (Wildman–Crippen MR) is 120 cm³/mol. The van der Waals surface area contributed by atoms with Crippen molar-refractivity contribution in [1.29, 1.82) is 0 Å². The van der Waals surface area contributed by atoms with Crippen LogP contribution >= 0.6 is 11.3 Å². The molecule has 3 aromatic rings. The van der Waals surface area contributed by atoms with Gasteiger partial charge in [0.2, 0.25) is 0 Å². The molecule has 160 valence electrons. The van der Waals surface area contributed by atoms with E-state index in [1.807, 2.05) is 19.1 Å². The largest absolute Gasteiger partial charge is 0.480 e. The molecule has 0 bridgehead atoms. The van der Waals surface area contributed by atoms with Crippen LogP contribution in [0.3, 0.4) is 0 Å². The van der Waals surface area contributed by atoms with E-state index in [1.54, 1.807) is 23.5 Å². The van der Waals surface area contributed by atoms with Crippen molar-refractivity contribution < 1.29 is 14.7 Å². The number of imidazole rings is 1. The summed E-state index contributed by atoms with van der Waals surface area (Å²) in [5, 5.41) is 14.0. The number of thiophene rings is 1. The first kappa shape index (κ1) is 22.0. The van der Waals surface area contributed by atoms with Crippen molar-refractivity contribution in [3.05, 3.63) is 52.0 Å². The van der Waals surface area contributed by atoms with Crippen LogP contribution in [-0.4, -0.2) is 32.6 Å². The number of aromatic nitrogens is 2. The van der Waals surface area contributed by atoms with E-state index < -0.39 is 12.0 Å². The molecule has 1 aromatic carbocycles. The molecule has 30 heavy (non-hydrogen) atoms. The molecule has 7 heteroatoms. The fraction of sp³-hybridized carbons (Fsp3) is 0.435. The predicted octanol–water partition coefficient (Wildman–Crippen LogP) is 5.03. The third-order valence-corrected chi connectivity index (χ3v) is 6.30. The number of fused-ring (bicyclic) bond motifs is 1. The van der Waals surface area contributed by atoms with Gasteiger partial charge in [0.05, 0.1) is 11.0 Å². The van der Waals surface area contributed by atoms with Gasteiger partial charge in [-0.1, -0.05) is 33.3 Å². The van der Waals surface area contributed by atoms with Gasteiger partial charge in [0.15, 0.2) is 0 Å². The molecule has 0 aliphatic heterocycles. The Bertz CT molecular complexity index is 1010. The fourth-order valence-corrected chi connectivity index (χ4v) is 4.53. The minimum atomic E-state index is -1.01. The number of carboxylic acid groups (broad SMARTS) is 1. The molecule has 0 aliphatic rings. The maximum Gasteiger partial charge on any atom is 0.326 e. The van der Waals surface area contributed by atoms with E-state index in [2.05, 4.69) is 35.2 Å². The van der Waals surface area contributed by atoms with Crippen molar-refractivity contribution in [3.63, 3.8) is 0 Å². The van der Waals surface area contributed by atoms with Crippen LogP contribution in [0.15, 0.2) is 35.7 Å². The van der Waals surface area contributed by atoms with Crippen LogP contribution in [0.2, 0.25) is 0 Å². The molecule has 0 radical (unpaired) electrons. The third-order valence-electron chi connectivity index (χ3n) is 5.43. The number of aliphatic carboxylic acids is 1. The van der Waals surface area contributed by atoms with Gasteiger partial charge < -0.3 is 15.0 Å². The monoisotopic (exact) mass is 427 g/mol. The second-order valence-corrected chi connectivity index (χ2v) is 8.51. The van der Waals surface area contributed by atoms with Crippen molar-refractivity contribution in [1.82, 2.24) is 14.9 Å². The highest BCUT2D eigenvalue weighted by Gasteiger charge is 2.22. The smallest absolute Gasteiger partial charge is 0.326 e. The average molecular weight is 428 g/mol. The van der Waals surface area contributed by atoms with E-state index in [9.17, 15) is 14.7 Å². The zero-order valence-electron chi connectivity index (χ0n) is 17.7. The van der Waals surface area contributed by atoms with Crippen LogP contribution < -0.4 is 5.32 Å². The second kappa shape index (κ2) is 9.89. The molecule has 6 nitrogen and oxygen atoms in total. The number of hydrogen-bond acceptors (Lipinski definition) is 4. The van der Waals surface area contributed by atoms with Gasteiger partial charge in [0, 0.05) is 22.9 Å². The Morgan fingerprint density at radius 1 is 1.20 bits per heavy atom. The molecule has 3 rings (SSSR count). The first-order valence-electron chi connectivity index (χ1n) is 10.5. The van der Waals surface area contributed by atoms with Gasteiger partial charge in [-0.25, -0.2) is 9.78 Å². The van der Waals surface area contributed by atoms with Crippen LogP contribution in [0.1, 0.15) is 73.6 Å². The zero-order chi connectivity index (χ0) is 21.7. The number of rotatable bonds is 10. The molecule has 0 saturated carbocycles. The Morgan fingerprint density at radius 3 is 2.57 bits per heavy atom. The van der Waals surface area contributed by atoms with Gasteiger partial charge in [-0.15, -0.1) is 11.3 Å². The molecule has 1 atom stereocenters. The molecule has 0 saturated heterocycles. The molecule has 0 unspecified atom stereocenters. The van der Waals surface area contributed by atoms with E-state index >= 15 is 0 Å². The number of carboxylic acids is 1. The Kier molecular flexibility index (Phi) is 7.26. The lowest BCUT2D eigenvalue weighted by Gasteiger charge is -2.19. The van der Waals surface area contributed by atoms with Gasteiger partial charge in [-0.05, 0) is 48.9 Å². The summed E-state index contributed by atoms with van der Waals surface area (Å²) in [6.07, 6.45) is 3.83. The fourth-order valence-electron chi connectivity index (χ4n) is 3.83. The van der Waals surface area contributed by atoms with E-state index in [1.165, 1.54) is 4.88 Å². The normalized spacial score (nSPS) is 12.4. The molecule has 2 N–H and O–H groups in total. The first-order valence-corrected chi connectivity index (χ1v) is 11.4. The molecule has 1 amide bonds. The van der Waals surface area contributed by atoms with E-state index in [-0.39, 0.29) is 5.91 Å². The summed E-state index contributed by atoms with van der Waals surface area (Å²) in [6.45, 7) is 6.25. The average Bonchev–Trinajstić information content (AvgIpc) is 3.36. The van der Waals surface area contributed by atoms with E-state index in [4.69, 9.17) is 4.98 Å². The standard InChI is InChI=1S/C23H29N3O3S/c1-4-8-18(23(28)29)25-22(27)15-10-11-20-19(13-15)24-21(14-17-9-7-12-30-17)26(20)16(5-2)6-3/h7,9-13,16,18H,4-6,8,14H2,1-3H3,(H,25,27)(H,28,29)/t18-/m0/s1. The van der Waals surface area contributed by atoms with Crippen molar-refractivity contribution >= 4 is 34.2 Å². The number of benzene rings is 1. The molecular weight excluding hydrogens is 398 g/mol. The Labute approximate surface area is 180 Å². The lowest BCUT2D eigenvalue weighted by molar-refractivity contribution is -0.139. The second-order valence-electron chi connectivity index (χ2n) is 7.48. The summed E-state index contributed by atoms with van der Waals surface area (Å²) >= 11 is 1.71. The van der Waals surface area contributed by atoms with Crippen LogP contribution in [0, 0.1) is 0 Å². The molecule has 0 spiro atoms. The molecule has 2 aromatic heterocycles. The minimum absolute atomic E-state index is 0.339. The SMILES string of the molecule is CCC[C@H](NC(=O)c1ccc2c(c1)nc(Cc1cccs1)n2C(CC)CC)C(=O)O. The van der Waals surface area contributed by atoms with Gasteiger partial charge in [-0.2, -0.15) is 0 Å². The van der Waals surface area contributed by atoms with Crippen molar-refractivity contribution in [2.45, 2.75) is 65.0 Å². The van der Waals surface area contributed by atoms with E-state index in [0.717, 1.165) is 36.1 Å². The maximum absolute atomic E-state index is 12.7. The van der Waals surface area contributed by atoms with Crippen LogP contribution in [0.4, 0.5) is 0 Å². The van der Waals surface area contributed by atoms with Gasteiger partial charge in [0.25, 0.3) is 5.91 Å². The summed E-state index contributed by atoms with van der Waals surface area (Å²) in [6, 6.07) is 9.08. The highest BCUT2D eigenvalue weighted by atomic mass is 32.1. The summed E-state index contributed by atoms with van der Waals surface area (Å²) in [5.41, 5.74) is 2.21. The highest BCUT2D eigenvalue weighted by molar-refractivity contribution is 7.09. The quantitative estimate of drug-likeness (QED) is 0.475. The summed E-state index contributed by atoms with van der Waals surface area (Å²) in [7, 11) is 0. The molecular formula is C23H29N3O3S. The highest BCUT2D eigenvalue weighted by Crippen LogP contribution is 2.28. The Hall–Kier alpha value is -2.67. The van der Waals surface area contributed by atoms with Crippen molar-refractivity contribution in [3.8, 4) is 0 Å². The topological polar surface area (TPSA) is 84.2 Å². The molecule has 0 aliphatic carbocycles. The third kappa shape index (κ3) is 4.73. The maximum atomic E-state index is 12.7. The summed E-state index contributed by atoms with van der Waals surface area (Å²) < 4.78 is 2.30. The zero-order valence-corrected chi connectivity index (χ0v) is 18.5. The van der Waals surface area contributed by atoms with Crippen LogP contribution in [0.5, 0.6) is 0 Å². The van der Waals surface area contributed by atoms with Gasteiger partial charge in [-0.3, -0.25) is 4.79 Å². The number of hydrogen-bond donors (Lipinski definition) is 2. The molecule has 2 heterocycles. The van der Waals surface area contributed by atoms with E-state index in [0.29, 0.717) is 24.4 Å². The first-order chi connectivity index (χ1) is 14.5. The number of amides is 1. The number of carbonyl (C=O) groups is 2. The minimum Gasteiger partial charge on any atom is -0.480 e. The summed E-state index contributed by atoms with van der Waals surface area (Å²) in [4.78, 5) is 30.2. The Balaban J connectivity index is 1.97. The lowest BCUT2D eigenvalue weighted by Crippen LogP contribution is -2.40. The van der Waals surface area contributed by atoms with Gasteiger partial charge >= 0.3 is 5.97 Å². The number of nitrogens with zero attached hydrogens (tertiary/aromatic N) is 2. The van der Waals surface area contributed by atoms with Crippen LogP contribution in [0.25, 0.3) is 11.0 Å². The van der Waals surface area contributed by atoms with Gasteiger partial charge in [0.1, 0.15) is 11.9 Å². The van der Waals surface area contributed by atoms with Crippen molar-refractivity contribution in [2.75, 3.05) is 0 Å². The lowest BCUT2D eigenvalue weighted by atomic mass is 10.1. The Morgan fingerprint density at radius 2 is 1.97 bits per heavy atom. The van der Waals surface area contributed by atoms with Crippen molar-refractivity contribution in [2.24, 2.45) is 0 Å².